The van der Waals surface area contributed by atoms with Crippen molar-refractivity contribution in [2.75, 3.05) is 39.9 Å². The van der Waals surface area contributed by atoms with Crippen LogP contribution in [0.15, 0.2) is 12.3 Å². The molecule has 0 saturated carbocycles. The molecule has 3 rings (SSSR count). The number of nitrogens with one attached hydrogen (secondary N) is 1. The standard InChI is InChI=1S/C13H20N4O/c1-17-6-3-10(8-17)11-2-4-15-13(16-11)12-9-18-7-5-14-12/h2,4,10,12,14H,3,5-9H2,1H3. The molecule has 1 aromatic rings. The minimum atomic E-state index is 0.151. The summed E-state index contributed by atoms with van der Waals surface area (Å²) in [5.41, 5.74) is 1.18. The van der Waals surface area contributed by atoms with Crippen molar-refractivity contribution in [1.29, 1.82) is 0 Å². The van der Waals surface area contributed by atoms with Crippen LogP contribution in [-0.2, 0) is 4.74 Å². The molecular weight excluding hydrogens is 228 g/mol. The summed E-state index contributed by atoms with van der Waals surface area (Å²) in [4.78, 5) is 11.5. The molecule has 18 heavy (non-hydrogen) atoms. The highest BCUT2D eigenvalue weighted by molar-refractivity contribution is 5.12. The summed E-state index contributed by atoms with van der Waals surface area (Å²) in [6, 6.07) is 2.20. The zero-order chi connectivity index (χ0) is 12.4. The topological polar surface area (TPSA) is 50.3 Å². The van der Waals surface area contributed by atoms with Crippen LogP contribution < -0.4 is 5.32 Å². The van der Waals surface area contributed by atoms with E-state index in [2.05, 4.69) is 28.3 Å². The first-order valence-corrected chi connectivity index (χ1v) is 6.65. The number of rotatable bonds is 2. The molecule has 0 aromatic carbocycles. The van der Waals surface area contributed by atoms with Gasteiger partial charge in [0.2, 0.25) is 0 Å². The lowest BCUT2D eigenvalue weighted by atomic mass is 10.0. The van der Waals surface area contributed by atoms with Crippen LogP contribution in [0, 0.1) is 0 Å². The zero-order valence-electron chi connectivity index (χ0n) is 10.8. The Labute approximate surface area is 108 Å². The van der Waals surface area contributed by atoms with E-state index in [1.54, 1.807) is 0 Å². The van der Waals surface area contributed by atoms with E-state index in [1.165, 1.54) is 12.1 Å². The molecule has 2 aliphatic rings. The van der Waals surface area contributed by atoms with E-state index < -0.39 is 0 Å². The number of likely N-dealkylation sites (tertiary alicyclic amines) is 1. The first kappa shape index (κ1) is 12.0. The summed E-state index contributed by atoms with van der Waals surface area (Å²) in [6.45, 7) is 4.60. The third kappa shape index (κ3) is 2.53. The fourth-order valence-corrected chi connectivity index (χ4v) is 2.69. The van der Waals surface area contributed by atoms with Crippen LogP contribution in [0.4, 0.5) is 0 Å². The molecule has 2 saturated heterocycles. The summed E-state index contributed by atoms with van der Waals surface area (Å²) in [5.74, 6) is 1.43. The zero-order valence-corrected chi connectivity index (χ0v) is 10.8. The van der Waals surface area contributed by atoms with Gasteiger partial charge in [-0.1, -0.05) is 0 Å². The van der Waals surface area contributed by atoms with Crippen LogP contribution in [-0.4, -0.2) is 54.8 Å². The Morgan fingerprint density at radius 2 is 2.44 bits per heavy atom. The highest BCUT2D eigenvalue weighted by Gasteiger charge is 2.24. The summed E-state index contributed by atoms with van der Waals surface area (Å²) < 4.78 is 5.47. The van der Waals surface area contributed by atoms with Crippen molar-refractivity contribution in [3.05, 3.63) is 23.8 Å². The van der Waals surface area contributed by atoms with Gasteiger partial charge in [0.05, 0.1) is 19.3 Å². The van der Waals surface area contributed by atoms with Gasteiger partial charge >= 0.3 is 0 Å². The average Bonchev–Trinajstić information content (AvgIpc) is 2.87. The van der Waals surface area contributed by atoms with Crippen molar-refractivity contribution in [3.63, 3.8) is 0 Å². The average molecular weight is 248 g/mol. The van der Waals surface area contributed by atoms with Crippen LogP contribution in [0.3, 0.4) is 0 Å². The van der Waals surface area contributed by atoms with Gasteiger partial charge in [-0.3, -0.25) is 0 Å². The maximum absolute atomic E-state index is 5.47. The van der Waals surface area contributed by atoms with Gasteiger partial charge in [-0.05, 0) is 26.1 Å². The summed E-state index contributed by atoms with van der Waals surface area (Å²) in [5, 5.41) is 3.40. The summed E-state index contributed by atoms with van der Waals surface area (Å²) in [7, 11) is 2.17. The fraction of sp³-hybridized carbons (Fsp3) is 0.692. The van der Waals surface area contributed by atoms with E-state index in [0.717, 1.165) is 32.1 Å². The van der Waals surface area contributed by atoms with Crippen LogP contribution in [0.1, 0.15) is 29.9 Å². The van der Waals surface area contributed by atoms with E-state index in [0.29, 0.717) is 12.5 Å². The Bertz CT molecular complexity index is 386. The Balaban J connectivity index is 1.76. The first-order valence-electron chi connectivity index (χ1n) is 6.65. The molecule has 0 aliphatic carbocycles. The number of hydrogen-bond acceptors (Lipinski definition) is 5. The van der Waals surface area contributed by atoms with E-state index in [9.17, 15) is 0 Å². The summed E-state index contributed by atoms with van der Waals surface area (Å²) >= 11 is 0. The number of aromatic nitrogens is 2. The fourth-order valence-electron chi connectivity index (χ4n) is 2.69. The largest absolute Gasteiger partial charge is 0.378 e. The molecule has 1 N–H and O–H groups in total. The SMILES string of the molecule is CN1CCC(c2ccnc(C3COCCN3)n2)C1. The smallest absolute Gasteiger partial charge is 0.147 e. The van der Waals surface area contributed by atoms with Gasteiger partial charge in [-0.25, -0.2) is 9.97 Å². The second kappa shape index (κ2) is 5.30. The third-order valence-electron chi connectivity index (χ3n) is 3.74. The molecule has 0 amide bonds. The molecule has 98 valence electrons. The monoisotopic (exact) mass is 248 g/mol. The molecular formula is C13H20N4O. The van der Waals surface area contributed by atoms with E-state index in [1.807, 2.05) is 6.20 Å². The van der Waals surface area contributed by atoms with Crippen LogP contribution in [0.5, 0.6) is 0 Å². The predicted molar refractivity (Wildman–Crippen MR) is 68.4 cm³/mol. The molecule has 2 atom stereocenters. The number of hydrogen-bond donors (Lipinski definition) is 1. The molecule has 0 spiro atoms. The predicted octanol–water partition coefficient (Wildman–Crippen LogP) is 0.557. The van der Waals surface area contributed by atoms with Crippen molar-refractivity contribution in [1.82, 2.24) is 20.2 Å². The minimum Gasteiger partial charge on any atom is -0.378 e. The van der Waals surface area contributed by atoms with E-state index >= 15 is 0 Å². The molecule has 2 fully saturated rings. The van der Waals surface area contributed by atoms with Crippen LogP contribution in [0.2, 0.25) is 0 Å². The van der Waals surface area contributed by atoms with Crippen LogP contribution >= 0.6 is 0 Å². The second-order valence-corrected chi connectivity index (χ2v) is 5.17. The Hall–Kier alpha value is -1.04. The molecule has 0 bridgehead atoms. The van der Waals surface area contributed by atoms with Crippen molar-refractivity contribution in [2.45, 2.75) is 18.4 Å². The highest BCUT2D eigenvalue weighted by atomic mass is 16.5. The molecule has 1 aromatic heterocycles. The molecule has 3 heterocycles. The Morgan fingerprint density at radius 3 is 3.17 bits per heavy atom. The minimum absolute atomic E-state index is 0.151. The van der Waals surface area contributed by atoms with Gasteiger partial charge in [0.1, 0.15) is 5.82 Å². The molecule has 2 aliphatic heterocycles. The van der Waals surface area contributed by atoms with Crippen molar-refractivity contribution in [3.8, 4) is 0 Å². The lowest BCUT2D eigenvalue weighted by Gasteiger charge is -2.23. The lowest BCUT2D eigenvalue weighted by Crippen LogP contribution is -2.35. The van der Waals surface area contributed by atoms with Crippen molar-refractivity contribution < 1.29 is 4.74 Å². The van der Waals surface area contributed by atoms with Gasteiger partial charge in [0, 0.05) is 30.9 Å². The van der Waals surface area contributed by atoms with Crippen molar-refractivity contribution in [2.24, 2.45) is 0 Å². The number of nitrogens with zero attached hydrogens (tertiary/aromatic N) is 3. The van der Waals surface area contributed by atoms with Crippen molar-refractivity contribution >= 4 is 0 Å². The number of ether oxygens (including phenoxy) is 1. The number of likely N-dealkylation sites (N-methyl/N-ethyl adjacent to an activating group) is 1. The second-order valence-electron chi connectivity index (χ2n) is 5.17. The first-order chi connectivity index (χ1) is 8.83. The molecule has 5 nitrogen and oxygen atoms in total. The van der Waals surface area contributed by atoms with Gasteiger partial charge in [0.25, 0.3) is 0 Å². The number of morpholine rings is 1. The quantitative estimate of drug-likeness (QED) is 0.828. The van der Waals surface area contributed by atoms with Gasteiger partial charge < -0.3 is 15.0 Å². The lowest BCUT2D eigenvalue weighted by molar-refractivity contribution is 0.0741. The maximum Gasteiger partial charge on any atom is 0.147 e. The van der Waals surface area contributed by atoms with Gasteiger partial charge in [0.15, 0.2) is 0 Å². The molecule has 0 radical (unpaired) electrons. The normalized spacial score (nSPS) is 29.6. The molecule has 2 unspecified atom stereocenters. The summed E-state index contributed by atoms with van der Waals surface area (Å²) in [6.07, 6.45) is 3.08. The van der Waals surface area contributed by atoms with Crippen LogP contribution in [0.25, 0.3) is 0 Å². The molecule has 5 heteroatoms. The Morgan fingerprint density at radius 1 is 1.50 bits per heavy atom. The Kier molecular flexibility index (Phi) is 3.54. The van der Waals surface area contributed by atoms with E-state index in [-0.39, 0.29) is 6.04 Å². The van der Waals surface area contributed by atoms with Gasteiger partial charge in [-0.2, -0.15) is 0 Å². The highest BCUT2D eigenvalue weighted by Crippen LogP contribution is 2.25. The van der Waals surface area contributed by atoms with Gasteiger partial charge in [-0.15, -0.1) is 0 Å². The maximum atomic E-state index is 5.47. The van der Waals surface area contributed by atoms with E-state index in [4.69, 9.17) is 9.72 Å². The third-order valence-corrected chi connectivity index (χ3v) is 3.74.